The van der Waals surface area contributed by atoms with E-state index in [4.69, 9.17) is 20.9 Å². The maximum atomic E-state index is 12.7. The number of aromatic nitrogens is 3. The van der Waals surface area contributed by atoms with Crippen molar-refractivity contribution in [2.45, 2.75) is 31.5 Å². The van der Waals surface area contributed by atoms with Gasteiger partial charge in [0.15, 0.2) is 0 Å². The van der Waals surface area contributed by atoms with Gasteiger partial charge in [-0.2, -0.15) is 23.3 Å². The van der Waals surface area contributed by atoms with Crippen LogP contribution in [0.4, 0.5) is 24.9 Å². The Kier molecular flexibility index (Phi) is 6.65. The van der Waals surface area contributed by atoms with Crippen molar-refractivity contribution in [3.8, 4) is 5.75 Å². The largest absolute Gasteiger partial charge is 0.487 e. The molecule has 176 valence electrons. The first kappa shape index (κ1) is 22.8. The zero-order valence-electron chi connectivity index (χ0n) is 17.3. The molecule has 2 aromatic heterocycles. The maximum absolute atomic E-state index is 12.7. The summed E-state index contributed by atoms with van der Waals surface area (Å²) >= 11 is 1.55. The number of ether oxygens (including phenoxy) is 1. The molecule has 1 fully saturated rings. The fourth-order valence-electron chi connectivity index (χ4n) is 3.36. The molecule has 0 atom stereocenters. The second-order valence-electron chi connectivity index (χ2n) is 7.29. The number of alkyl halides is 3. The van der Waals surface area contributed by atoms with Crippen molar-refractivity contribution in [1.29, 1.82) is 0 Å². The maximum Gasteiger partial charge on any atom is 0.455 e. The van der Waals surface area contributed by atoms with E-state index in [0.717, 1.165) is 23.5 Å². The van der Waals surface area contributed by atoms with Gasteiger partial charge in [-0.1, -0.05) is 0 Å². The number of piperidine rings is 1. The summed E-state index contributed by atoms with van der Waals surface area (Å²) in [5.74, 6) is 10.4. The highest BCUT2D eigenvalue weighted by molar-refractivity contribution is 7.09. The number of halogens is 3. The Labute approximate surface area is 190 Å². The zero-order valence-corrected chi connectivity index (χ0v) is 18.1. The average Bonchev–Trinajstić information content (AvgIpc) is 3.48. The van der Waals surface area contributed by atoms with Crippen LogP contribution in [-0.2, 0) is 12.8 Å². The number of hydrogen-bond donors (Lipinski definition) is 2. The topological polar surface area (TPSA) is 132 Å². The molecular weight excluding hydrogens is 461 g/mol. The van der Waals surface area contributed by atoms with Crippen LogP contribution in [0.3, 0.4) is 0 Å². The molecule has 1 aliphatic rings. The average molecular weight is 482 g/mol. The SMILES string of the molecule is N/N=C\N(N)c1ccc(OCc2csc(C3CCN(c4nc(C(F)(F)F)no4)CC3)n2)cc1. The summed E-state index contributed by atoms with van der Waals surface area (Å²) in [6, 6.07) is 7.01. The summed E-state index contributed by atoms with van der Waals surface area (Å²) in [7, 11) is 0. The first-order valence-corrected chi connectivity index (χ1v) is 10.8. The third-order valence-corrected chi connectivity index (χ3v) is 6.12. The molecule has 0 unspecified atom stereocenters. The van der Waals surface area contributed by atoms with E-state index < -0.39 is 12.0 Å². The zero-order chi connectivity index (χ0) is 23.4. The molecule has 1 aliphatic heterocycles. The summed E-state index contributed by atoms with van der Waals surface area (Å²) < 4.78 is 48.6. The van der Waals surface area contributed by atoms with Crippen LogP contribution in [0.2, 0.25) is 0 Å². The number of hydrazone groups is 1. The van der Waals surface area contributed by atoms with Gasteiger partial charge in [-0.3, -0.25) is 5.01 Å². The summed E-state index contributed by atoms with van der Waals surface area (Å²) in [4.78, 5) is 9.79. The molecule has 14 heteroatoms. The molecule has 3 aromatic rings. The standard InChI is InChI=1S/C19H21F3N8O2S/c20-19(21,22)17-27-18(32-28-17)29-7-5-12(6-8-29)16-26-13(10-33-16)9-31-15-3-1-14(2-4-15)30(24)11-25-23/h1-4,10-12H,5-9,23-24H2/b25-11-. The van der Waals surface area contributed by atoms with E-state index in [-0.39, 0.29) is 11.9 Å². The van der Waals surface area contributed by atoms with Crippen molar-refractivity contribution in [1.82, 2.24) is 15.1 Å². The number of hydrogen-bond acceptors (Lipinski definition) is 10. The first-order chi connectivity index (χ1) is 15.8. The van der Waals surface area contributed by atoms with E-state index in [1.54, 1.807) is 40.5 Å². The lowest BCUT2D eigenvalue weighted by Gasteiger charge is -2.29. The molecule has 0 radical (unpaired) electrons. The van der Waals surface area contributed by atoms with Crippen molar-refractivity contribution >= 4 is 29.4 Å². The van der Waals surface area contributed by atoms with Gasteiger partial charge in [0, 0.05) is 24.4 Å². The van der Waals surface area contributed by atoms with Crippen LogP contribution in [0.1, 0.15) is 35.3 Å². The molecule has 1 saturated heterocycles. The Morgan fingerprint density at radius 1 is 1.24 bits per heavy atom. The van der Waals surface area contributed by atoms with Crippen molar-refractivity contribution in [2.24, 2.45) is 16.8 Å². The van der Waals surface area contributed by atoms with Gasteiger partial charge < -0.3 is 20.0 Å². The highest BCUT2D eigenvalue weighted by atomic mass is 32.1. The number of thiazole rings is 1. The van der Waals surface area contributed by atoms with E-state index in [2.05, 4.69) is 20.2 Å². The number of anilines is 2. The molecule has 0 saturated carbocycles. The minimum Gasteiger partial charge on any atom is -0.487 e. The monoisotopic (exact) mass is 482 g/mol. The minimum atomic E-state index is -4.62. The number of benzene rings is 1. The predicted octanol–water partition coefficient (Wildman–Crippen LogP) is 3.09. The summed E-state index contributed by atoms with van der Waals surface area (Å²) in [5.41, 5.74) is 1.51. The Morgan fingerprint density at radius 2 is 1.97 bits per heavy atom. The van der Waals surface area contributed by atoms with Crippen molar-refractivity contribution in [2.75, 3.05) is 23.0 Å². The molecule has 3 heterocycles. The van der Waals surface area contributed by atoms with Crippen LogP contribution in [-0.4, -0.2) is 34.6 Å². The van der Waals surface area contributed by atoms with Gasteiger partial charge in [0.1, 0.15) is 18.7 Å². The summed E-state index contributed by atoms with van der Waals surface area (Å²) in [6.07, 6.45) is -1.88. The Balaban J connectivity index is 1.28. The number of hydrazine groups is 1. The van der Waals surface area contributed by atoms with Crippen LogP contribution >= 0.6 is 11.3 Å². The van der Waals surface area contributed by atoms with E-state index in [1.165, 1.54) is 11.3 Å². The van der Waals surface area contributed by atoms with Crippen molar-refractivity contribution < 1.29 is 22.4 Å². The van der Waals surface area contributed by atoms with Gasteiger partial charge >= 0.3 is 12.2 Å². The fourth-order valence-corrected chi connectivity index (χ4v) is 4.34. The lowest BCUT2D eigenvalue weighted by Crippen LogP contribution is -2.33. The smallest absolute Gasteiger partial charge is 0.455 e. The number of rotatable bonds is 7. The molecule has 4 N–H and O–H groups in total. The van der Waals surface area contributed by atoms with Crippen LogP contribution in [0.5, 0.6) is 5.75 Å². The van der Waals surface area contributed by atoms with E-state index in [0.29, 0.717) is 31.1 Å². The molecule has 4 rings (SSSR count). The lowest BCUT2D eigenvalue weighted by molar-refractivity contribution is -0.146. The summed E-state index contributed by atoms with van der Waals surface area (Å²) in [6.45, 7) is 1.33. The van der Waals surface area contributed by atoms with E-state index in [9.17, 15) is 13.2 Å². The third kappa shape index (κ3) is 5.51. The highest BCUT2D eigenvalue weighted by Crippen LogP contribution is 2.33. The van der Waals surface area contributed by atoms with Crippen LogP contribution in [0.25, 0.3) is 0 Å². The molecule has 10 nitrogen and oxygen atoms in total. The van der Waals surface area contributed by atoms with Gasteiger partial charge in [-0.15, -0.1) is 11.3 Å². The number of nitrogens with zero attached hydrogens (tertiary/aromatic N) is 6. The first-order valence-electron chi connectivity index (χ1n) is 9.94. The van der Waals surface area contributed by atoms with Crippen LogP contribution in [0, 0.1) is 0 Å². The van der Waals surface area contributed by atoms with Crippen molar-refractivity contribution in [3.05, 3.63) is 46.2 Å². The second-order valence-corrected chi connectivity index (χ2v) is 8.18. The van der Waals surface area contributed by atoms with Crippen LogP contribution < -0.4 is 26.3 Å². The molecular formula is C19H21F3N8O2S. The van der Waals surface area contributed by atoms with Crippen LogP contribution in [0.15, 0.2) is 39.3 Å². The van der Waals surface area contributed by atoms with Gasteiger partial charge in [0.05, 0.1) is 16.4 Å². The van der Waals surface area contributed by atoms with Gasteiger partial charge in [-0.05, 0) is 42.3 Å². The van der Waals surface area contributed by atoms with Crippen molar-refractivity contribution in [3.63, 3.8) is 0 Å². The second kappa shape index (κ2) is 9.62. The van der Waals surface area contributed by atoms with Gasteiger partial charge in [-0.25, -0.2) is 10.8 Å². The highest BCUT2D eigenvalue weighted by Gasteiger charge is 2.38. The predicted molar refractivity (Wildman–Crippen MR) is 116 cm³/mol. The lowest BCUT2D eigenvalue weighted by atomic mass is 9.98. The quantitative estimate of drug-likeness (QED) is 0.226. The Bertz CT molecular complexity index is 1080. The van der Waals surface area contributed by atoms with Gasteiger partial charge in [0.2, 0.25) is 0 Å². The third-order valence-electron chi connectivity index (χ3n) is 5.07. The summed E-state index contributed by atoms with van der Waals surface area (Å²) in [5, 5.41) is 10.6. The Morgan fingerprint density at radius 3 is 2.61 bits per heavy atom. The molecule has 0 bridgehead atoms. The van der Waals surface area contributed by atoms with E-state index >= 15 is 0 Å². The molecule has 1 aromatic carbocycles. The van der Waals surface area contributed by atoms with Gasteiger partial charge in [0.25, 0.3) is 5.82 Å². The van der Waals surface area contributed by atoms with E-state index in [1.807, 2.05) is 5.38 Å². The Hall–Kier alpha value is -3.39. The molecule has 0 aliphatic carbocycles. The molecule has 0 spiro atoms. The normalized spacial score (nSPS) is 15.3. The minimum absolute atomic E-state index is 0.104. The molecule has 33 heavy (non-hydrogen) atoms. The molecule has 0 amide bonds. The fraction of sp³-hybridized carbons (Fsp3) is 0.368. The number of nitrogens with two attached hydrogens (primary N) is 2.